The molecule has 0 saturated carbocycles. The summed E-state index contributed by atoms with van der Waals surface area (Å²) in [6.07, 6.45) is 0.303. The first kappa shape index (κ1) is 16.8. The number of anilines is 1. The fraction of sp³-hybridized carbons (Fsp3) is 0.136. The van der Waals surface area contributed by atoms with Crippen molar-refractivity contribution in [1.82, 2.24) is 0 Å². The number of ether oxygens (including phenoxy) is 1. The summed E-state index contributed by atoms with van der Waals surface area (Å²) in [7, 11) is 0. The Morgan fingerprint density at radius 1 is 0.920 bits per heavy atom. The maximum atomic E-state index is 12.3. The zero-order valence-electron chi connectivity index (χ0n) is 14.2. The Morgan fingerprint density at radius 3 is 2.32 bits per heavy atom. The van der Waals surface area contributed by atoms with Crippen LogP contribution in [0.25, 0.3) is 11.1 Å². The van der Waals surface area contributed by atoms with Crippen molar-refractivity contribution in [2.45, 2.75) is 13.3 Å². The van der Waals surface area contributed by atoms with Crippen LogP contribution in [0.15, 0.2) is 78.9 Å². The molecule has 126 valence electrons. The van der Waals surface area contributed by atoms with E-state index in [4.69, 9.17) is 4.74 Å². The molecule has 3 aromatic rings. The van der Waals surface area contributed by atoms with Crippen LogP contribution in [-0.2, 0) is 4.79 Å². The first-order valence-electron chi connectivity index (χ1n) is 8.36. The fourth-order valence-electron chi connectivity index (χ4n) is 2.61. The van der Waals surface area contributed by atoms with E-state index in [1.54, 1.807) is 0 Å². The van der Waals surface area contributed by atoms with Gasteiger partial charge in [0.1, 0.15) is 5.75 Å². The summed E-state index contributed by atoms with van der Waals surface area (Å²) >= 11 is 0. The van der Waals surface area contributed by atoms with Crippen molar-refractivity contribution in [2.24, 2.45) is 0 Å². The Bertz CT molecular complexity index is 829. The highest BCUT2D eigenvalue weighted by atomic mass is 16.5. The van der Waals surface area contributed by atoms with Gasteiger partial charge in [0, 0.05) is 11.3 Å². The van der Waals surface area contributed by atoms with Gasteiger partial charge in [-0.15, -0.1) is 0 Å². The standard InChI is InChI=1S/C22H21NO2/c1-17-12-13-21(20(16-17)18-8-4-2-5-9-18)23-22(24)14-15-25-19-10-6-3-7-11-19/h2-13,16H,14-15H2,1H3,(H,23,24). The predicted molar refractivity (Wildman–Crippen MR) is 102 cm³/mol. The van der Waals surface area contributed by atoms with E-state index in [0.717, 1.165) is 28.1 Å². The first-order chi connectivity index (χ1) is 12.2. The number of benzene rings is 3. The second kappa shape index (κ2) is 8.15. The number of para-hydroxylation sites is 1. The number of amides is 1. The SMILES string of the molecule is Cc1ccc(NC(=O)CCOc2ccccc2)c(-c2ccccc2)c1. The summed E-state index contributed by atoms with van der Waals surface area (Å²) < 4.78 is 5.59. The van der Waals surface area contributed by atoms with Crippen LogP contribution in [0.1, 0.15) is 12.0 Å². The molecular formula is C22H21NO2. The van der Waals surface area contributed by atoms with Gasteiger partial charge in [-0.05, 0) is 36.8 Å². The molecule has 0 bridgehead atoms. The molecule has 3 nitrogen and oxygen atoms in total. The monoisotopic (exact) mass is 331 g/mol. The van der Waals surface area contributed by atoms with Gasteiger partial charge in [0.25, 0.3) is 0 Å². The molecule has 25 heavy (non-hydrogen) atoms. The van der Waals surface area contributed by atoms with Gasteiger partial charge in [0.2, 0.25) is 5.91 Å². The number of nitrogens with one attached hydrogen (secondary N) is 1. The van der Waals surface area contributed by atoms with Gasteiger partial charge in [-0.1, -0.05) is 60.2 Å². The largest absolute Gasteiger partial charge is 0.493 e. The van der Waals surface area contributed by atoms with Crippen LogP contribution >= 0.6 is 0 Å². The van der Waals surface area contributed by atoms with E-state index in [2.05, 4.69) is 11.4 Å². The lowest BCUT2D eigenvalue weighted by molar-refractivity contribution is -0.116. The lowest BCUT2D eigenvalue weighted by Gasteiger charge is -2.13. The van der Waals surface area contributed by atoms with Gasteiger partial charge >= 0.3 is 0 Å². The topological polar surface area (TPSA) is 38.3 Å². The van der Waals surface area contributed by atoms with E-state index in [1.165, 1.54) is 0 Å². The van der Waals surface area contributed by atoms with Crippen molar-refractivity contribution in [1.29, 1.82) is 0 Å². The zero-order chi connectivity index (χ0) is 17.5. The van der Waals surface area contributed by atoms with Crippen molar-refractivity contribution in [3.63, 3.8) is 0 Å². The molecule has 0 saturated heterocycles. The molecule has 1 N–H and O–H groups in total. The predicted octanol–water partition coefficient (Wildman–Crippen LogP) is 5.07. The quantitative estimate of drug-likeness (QED) is 0.685. The molecule has 0 aliphatic rings. The summed E-state index contributed by atoms with van der Waals surface area (Å²) in [5, 5.41) is 3.00. The van der Waals surface area contributed by atoms with Gasteiger partial charge in [0.05, 0.1) is 13.0 Å². The molecule has 0 atom stereocenters. The minimum Gasteiger partial charge on any atom is -0.493 e. The Morgan fingerprint density at radius 2 is 1.60 bits per heavy atom. The number of rotatable bonds is 6. The molecule has 0 unspecified atom stereocenters. The molecule has 3 heteroatoms. The fourth-order valence-corrected chi connectivity index (χ4v) is 2.61. The van der Waals surface area contributed by atoms with Gasteiger partial charge < -0.3 is 10.1 Å². The third-order valence-electron chi connectivity index (χ3n) is 3.88. The number of hydrogen-bond donors (Lipinski definition) is 1. The molecule has 3 rings (SSSR count). The third-order valence-corrected chi connectivity index (χ3v) is 3.88. The smallest absolute Gasteiger partial charge is 0.227 e. The molecule has 0 fully saturated rings. The molecule has 0 radical (unpaired) electrons. The van der Waals surface area contributed by atoms with Crippen molar-refractivity contribution < 1.29 is 9.53 Å². The van der Waals surface area contributed by atoms with Crippen LogP contribution in [0.5, 0.6) is 5.75 Å². The zero-order valence-corrected chi connectivity index (χ0v) is 14.2. The van der Waals surface area contributed by atoms with Crippen LogP contribution in [0, 0.1) is 6.92 Å². The summed E-state index contributed by atoms with van der Waals surface area (Å²) in [5.41, 5.74) is 4.09. The lowest BCUT2D eigenvalue weighted by atomic mass is 10.0. The van der Waals surface area contributed by atoms with Crippen molar-refractivity contribution in [3.8, 4) is 16.9 Å². The average molecular weight is 331 g/mol. The molecule has 3 aromatic carbocycles. The van der Waals surface area contributed by atoms with Gasteiger partial charge in [0.15, 0.2) is 0 Å². The highest BCUT2D eigenvalue weighted by molar-refractivity contribution is 5.95. The molecule has 0 aliphatic heterocycles. The van der Waals surface area contributed by atoms with E-state index in [0.29, 0.717) is 13.0 Å². The van der Waals surface area contributed by atoms with Crippen LogP contribution in [0.4, 0.5) is 5.69 Å². The number of carbonyl (C=O) groups is 1. The number of aryl methyl sites for hydroxylation is 1. The average Bonchev–Trinajstić information content (AvgIpc) is 2.65. The van der Waals surface area contributed by atoms with Crippen molar-refractivity contribution >= 4 is 11.6 Å². The second-order valence-corrected chi connectivity index (χ2v) is 5.87. The van der Waals surface area contributed by atoms with Gasteiger partial charge in [-0.2, -0.15) is 0 Å². The highest BCUT2D eigenvalue weighted by Crippen LogP contribution is 2.29. The normalized spacial score (nSPS) is 10.3. The van der Waals surface area contributed by atoms with Crippen molar-refractivity contribution in [2.75, 3.05) is 11.9 Å². The Labute approximate surface area is 148 Å². The van der Waals surface area contributed by atoms with Crippen LogP contribution in [0.3, 0.4) is 0 Å². The van der Waals surface area contributed by atoms with Crippen LogP contribution in [-0.4, -0.2) is 12.5 Å². The number of carbonyl (C=O) groups excluding carboxylic acids is 1. The van der Waals surface area contributed by atoms with Gasteiger partial charge in [-0.3, -0.25) is 4.79 Å². The second-order valence-electron chi connectivity index (χ2n) is 5.87. The summed E-state index contributed by atoms with van der Waals surface area (Å²) in [5.74, 6) is 0.715. The minimum absolute atomic E-state index is 0.0584. The lowest BCUT2D eigenvalue weighted by Crippen LogP contribution is -2.15. The summed E-state index contributed by atoms with van der Waals surface area (Å²) in [6.45, 7) is 2.40. The van der Waals surface area contributed by atoms with Gasteiger partial charge in [-0.25, -0.2) is 0 Å². The van der Waals surface area contributed by atoms with E-state index >= 15 is 0 Å². The molecule has 0 aliphatic carbocycles. The first-order valence-corrected chi connectivity index (χ1v) is 8.36. The van der Waals surface area contributed by atoms with E-state index in [-0.39, 0.29) is 5.91 Å². The third kappa shape index (κ3) is 4.70. The minimum atomic E-state index is -0.0584. The van der Waals surface area contributed by atoms with E-state index < -0.39 is 0 Å². The van der Waals surface area contributed by atoms with Crippen LogP contribution < -0.4 is 10.1 Å². The summed E-state index contributed by atoms with van der Waals surface area (Å²) in [6, 6.07) is 25.6. The Hall–Kier alpha value is -3.07. The van der Waals surface area contributed by atoms with E-state index in [1.807, 2.05) is 79.7 Å². The van der Waals surface area contributed by atoms with Crippen molar-refractivity contribution in [3.05, 3.63) is 84.4 Å². The molecule has 1 amide bonds. The van der Waals surface area contributed by atoms with Crippen LogP contribution in [0.2, 0.25) is 0 Å². The maximum absolute atomic E-state index is 12.3. The Kier molecular flexibility index (Phi) is 5.47. The number of hydrogen-bond acceptors (Lipinski definition) is 2. The Balaban J connectivity index is 1.65. The molecular weight excluding hydrogens is 310 g/mol. The molecule has 0 heterocycles. The molecule has 0 aromatic heterocycles. The van der Waals surface area contributed by atoms with E-state index in [9.17, 15) is 4.79 Å². The molecule has 0 spiro atoms. The maximum Gasteiger partial charge on any atom is 0.227 e. The summed E-state index contributed by atoms with van der Waals surface area (Å²) in [4.78, 5) is 12.3. The highest BCUT2D eigenvalue weighted by Gasteiger charge is 2.09.